The van der Waals surface area contributed by atoms with Gasteiger partial charge in [-0.05, 0) is 30.7 Å². The van der Waals surface area contributed by atoms with Crippen molar-refractivity contribution in [2.24, 2.45) is 5.92 Å². The van der Waals surface area contributed by atoms with Crippen LogP contribution in [0.3, 0.4) is 0 Å². The number of nitrogens with zero attached hydrogens (tertiary/aromatic N) is 2. The maximum absolute atomic E-state index is 11.9. The molecule has 26 heavy (non-hydrogen) atoms. The molecule has 2 heterocycles. The summed E-state index contributed by atoms with van der Waals surface area (Å²) in [6, 6.07) is 9.29. The van der Waals surface area contributed by atoms with E-state index >= 15 is 0 Å². The molecule has 8 heteroatoms. The van der Waals surface area contributed by atoms with Gasteiger partial charge < -0.3 is 14.6 Å². The third-order valence-electron chi connectivity index (χ3n) is 4.52. The summed E-state index contributed by atoms with van der Waals surface area (Å²) in [7, 11) is 1.36. The van der Waals surface area contributed by atoms with E-state index in [-0.39, 0.29) is 36.3 Å². The van der Waals surface area contributed by atoms with Crippen LogP contribution in [0.25, 0.3) is 0 Å². The highest BCUT2D eigenvalue weighted by atomic mass is 16.5. The molecule has 138 valence electrons. The van der Waals surface area contributed by atoms with Crippen molar-refractivity contribution < 1.29 is 19.4 Å². The molecule has 1 saturated heterocycles. The third kappa shape index (κ3) is 4.16. The van der Waals surface area contributed by atoms with E-state index in [1.807, 2.05) is 25.1 Å². The number of ether oxygens (including phenoxy) is 2. The van der Waals surface area contributed by atoms with Crippen molar-refractivity contribution in [3.63, 3.8) is 0 Å². The summed E-state index contributed by atoms with van der Waals surface area (Å²) in [6.07, 6.45) is 2.57. The molecule has 8 nitrogen and oxygen atoms in total. The Bertz CT molecular complexity index is 733. The lowest BCUT2D eigenvalue weighted by molar-refractivity contribution is -0.141. The molecule has 1 aliphatic heterocycles. The molecule has 0 aliphatic carbocycles. The first-order chi connectivity index (χ1) is 12.6. The monoisotopic (exact) mass is 358 g/mol. The zero-order chi connectivity index (χ0) is 18.5. The van der Waals surface area contributed by atoms with Gasteiger partial charge in [0.25, 0.3) is 0 Å². The summed E-state index contributed by atoms with van der Waals surface area (Å²) in [5, 5.41) is 10.3. The molecule has 1 fully saturated rings. The highest BCUT2D eigenvalue weighted by Crippen LogP contribution is 2.36. The molecule has 0 radical (unpaired) electrons. The number of rotatable bonds is 6. The number of carbonyl (C=O) groups excluding carboxylic acids is 1. The summed E-state index contributed by atoms with van der Waals surface area (Å²) < 4.78 is 10.5. The number of methoxy groups -OCH3 is 1. The van der Waals surface area contributed by atoms with Crippen LogP contribution in [0, 0.1) is 5.92 Å². The fraction of sp³-hybridized carbons (Fsp3) is 0.389. The zero-order valence-electron chi connectivity index (χ0n) is 14.6. The Labute approximate surface area is 151 Å². The summed E-state index contributed by atoms with van der Waals surface area (Å²) >= 11 is 0. The Balaban J connectivity index is 1.88. The number of aromatic nitrogens is 2. The van der Waals surface area contributed by atoms with Gasteiger partial charge in [-0.25, -0.2) is 15.4 Å². The van der Waals surface area contributed by atoms with Gasteiger partial charge in [-0.3, -0.25) is 10.2 Å². The lowest BCUT2D eigenvalue weighted by atomic mass is 9.79. The van der Waals surface area contributed by atoms with Gasteiger partial charge in [0.15, 0.2) is 0 Å². The number of aliphatic hydroxyl groups excluding tert-OH is 1. The van der Waals surface area contributed by atoms with Gasteiger partial charge >= 0.3 is 12.0 Å². The first-order valence-corrected chi connectivity index (χ1v) is 8.39. The largest absolute Gasteiger partial charge is 0.469 e. The Morgan fingerprint density at radius 1 is 1.27 bits per heavy atom. The first kappa shape index (κ1) is 18.2. The van der Waals surface area contributed by atoms with Crippen molar-refractivity contribution in [1.82, 2.24) is 20.8 Å². The summed E-state index contributed by atoms with van der Waals surface area (Å²) in [5.74, 6) is -0.240. The Hall–Kier alpha value is -2.55. The number of aliphatic hydroxyl groups is 1. The Kier molecular flexibility index (Phi) is 5.77. The SMILES string of the molecule is COC(=O)CC(c1cccc(Oc2ncccn2)c1)C1C(C)NNC1O. The first-order valence-electron chi connectivity index (χ1n) is 8.39. The van der Waals surface area contributed by atoms with Crippen molar-refractivity contribution in [2.75, 3.05) is 7.11 Å². The van der Waals surface area contributed by atoms with Crippen LogP contribution in [0.2, 0.25) is 0 Å². The van der Waals surface area contributed by atoms with Gasteiger partial charge in [-0.15, -0.1) is 0 Å². The average Bonchev–Trinajstić information content (AvgIpc) is 2.99. The van der Waals surface area contributed by atoms with Crippen molar-refractivity contribution >= 4 is 5.97 Å². The van der Waals surface area contributed by atoms with Gasteiger partial charge in [0, 0.05) is 30.3 Å². The average molecular weight is 358 g/mol. The molecule has 1 aromatic heterocycles. The van der Waals surface area contributed by atoms with Gasteiger partial charge in [0.2, 0.25) is 0 Å². The van der Waals surface area contributed by atoms with Crippen LogP contribution in [0.5, 0.6) is 11.8 Å². The standard InChI is InChI=1S/C18H22N4O4/c1-11-16(17(24)22-21-11)14(10-15(23)25-2)12-5-3-6-13(9-12)26-18-19-7-4-8-20-18/h3-9,11,14,16-17,21-22,24H,10H2,1-2H3. The molecule has 4 unspecified atom stereocenters. The number of nitrogens with one attached hydrogen (secondary N) is 2. The van der Waals surface area contributed by atoms with Crippen LogP contribution in [0.4, 0.5) is 0 Å². The van der Waals surface area contributed by atoms with Gasteiger partial charge in [0.05, 0.1) is 13.5 Å². The van der Waals surface area contributed by atoms with Gasteiger partial charge in [-0.2, -0.15) is 0 Å². The fourth-order valence-corrected chi connectivity index (χ4v) is 3.24. The molecule has 1 aromatic carbocycles. The molecule has 0 amide bonds. The third-order valence-corrected chi connectivity index (χ3v) is 4.52. The number of hydrogen-bond donors (Lipinski definition) is 3. The topological polar surface area (TPSA) is 106 Å². The van der Waals surface area contributed by atoms with Crippen LogP contribution in [0.1, 0.15) is 24.8 Å². The molecule has 3 N–H and O–H groups in total. The predicted molar refractivity (Wildman–Crippen MR) is 93.2 cm³/mol. The molecule has 2 aromatic rings. The van der Waals surface area contributed by atoms with Crippen LogP contribution in [-0.4, -0.2) is 40.4 Å². The lowest BCUT2D eigenvalue weighted by Gasteiger charge is -2.27. The Morgan fingerprint density at radius 3 is 2.69 bits per heavy atom. The molecule has 1 aliphatic rings. The van der Waals surface area contributed by atoms with E-state index in [4.69, 9.17) is 9.47 Å². The number of hydrogen-bond acceptors (Lipinski definition) is 8. The maximum atomic E-state index is 11.9. The van der Waals surface area contributed by atoms with Gasteiger partial charge in [0.1, 0.15) is 12.0 Å². The molecule has 0 saturated carbocycles. The molecule has 3 rings (SSSR count). The zero-order valence-corrected chi connectivity index (χ0v) is 14.6. The van der Waals surface area contributed by atoms with Crippen LogP contribution in [0.15, 0.2) is 42.7 Å². The second-order valence-corrected chi connectivity index (χ2v) is 6.19. The van der Waals surface area contributed by atoms with E-state index in [2.05, 4.69) is 20.8 Å². The highest BCUT2D eigenvalue weighted by Gasteiger charge is 2.39. The minimum Gasteiger partial charge on any atom is -0.469 e. The van der Waals surface area contributed by atoms with E-state index < -0.39 is 6.23 Å². The van der Waals surface area contributed by atoms with Crippen molar-refractivity contribution in [2.45, 2.75) is 31.5 Å². The molecule has 4 atom stereocenters. The second kappa shape index (κ2) is 8.22. The Morgan fingerprint density at radius 2 is 2.04 bits per heavy atom. The lowest BCUT2D eigenvalue weighted by Crippen LogP contribution is -2.33. The smallest absolute Gasteiger partial charge is 0.321 e. The normalized spacial score (nSPS) is 23.4. The van der Waals surface area contributed by atoms with E-state index in [1.54, 1.807) is 24.5 Å². The molecule has 0 spiro atoms. The second-order valence-electron chi connectivity index (χ2n) is 6.19. The summed E-state index contributed by atoms with van der Waals surface area (Å²) in [6.45, 7) is 1.95. The predicted octanol–water partition coefficient (Wildman–Crippen LogP) is 1.35. The fourth-order valence-electron chi connectivity index (χ4n) is 3.24. The van der Waals surface area contributed by atoms with Crippen LogP contribution in [-0.2, 0) is 9.53 Å². The van der Waals surface area contributed by atoms with Crippen LogP contribution < -0.4 is 15.6 Å². The summed E-state index contributed by atoms with van der Waals surface area (Å²) in [5.41, 5.74) is 6.70. The maximum Gasteiger partial charge on any atom is 0.321 e. The molecule has 0 bridgehead atoms. The quantitative estimate of drug-likeness (QED) is 0.665. The number of benzene rings is 1. The highest BCUT2D eigenvalue weighted by molar-refractivity contribution is 5.70. The van der Waals surface area contributed by atoms with E-state index in [1.165, 1.54) is 7.11 Å². The van der Waals surface area contributed by atoms with E-state index in [9.17, 15) is 9.90 Å². The number of esters is 1. The summed E-state index contributed by atoms with van der Waals surface area (Å²) in [4.78, 5) is 20.0. The molecular weight excluding hydrogens is 336 g/mol. The van der Waals surface area contributed by atoms with Crippen molar-refractivity contribution in [3.8, 4) is 11.8 Å². The number of carbonyl (C=O) groups is 1. The van der Waals surface area contributed by atoms with Crippen molar-refractivity contribution in [1.29, 1.82) is 0 Å². The number of hydrazine groups is 1. The van der Waals surface area contributed by atoms with Crippen molar-refractivity contribution in [3.05, 3.63) is 48.3 Å². The van der Waals surface area contributed by atoms with Gasteiger partial charge in [-0.1, -0.05) is 12.1 Å². The van der Waals surface area contributed by atoms with E-state index in [0.717, 1.165) is 5.56 Å². The minimum atomic E-state index is -0.776. The van der Waals surface area contributed by atoms with Crippen LogP contribution >= 0.6 is 0 Å². The minimum absolute atomic E-state index is 0.0262. The van der Waals surface area contributed by atoms with E-state index in [0.29, 0.717) is 5.75 Å². The molecular formula is C18H22N4O4.